The van der Waals surface area contributed by atoms with Crippen LogP contribution in [0.3, 0.4) is 0 Å². The number of nitrogens with zero attached hydrogens (tertiary/aromatic N) is 1. The molecule has 0 radical (unpaired) electrons. The molecule has 1 rings (SSSR count). The highest BCUT2D eigenvalue weighted by atomic mass is 32.2. The van der Waals surface area contributed by atoms with Crippen molar-refractivity contribution in [2.24, 2.45) is 0 Å². The van der Waals surface area contributed by atoms with Crippen LogP contribution in [-0.2, 0) is 25.5 Å². The Bertz CT molecular complexity index is 718. The topological polar surface area (TPSA) is 83.6 Å². The summed E-state index contributed by atoms with van der Waals surface area (Å²) in [5, 5.41) is 0. The minimum Gasteiger partial charge on any atom is -0.269 e. The molecule has 1 aromatic rings. The smallest absolute Gasteiger partial charge is 0.232 e. The van der Waals surface area contributed by atoms with E-state index < -0.39 is 20.0 Å². The molecule has 6 nitrogen and oxygen atoms in total. The van der Waals surface area contributed by atoms with Gasteiger partial charge in [0.05, 0.1) is 17.7 Å². The Morgan fingerprint density at radius 2 is 1.57 bits per heavy atom. The lowest BCUT2D eigenvalue weighted by molar-refractivity contribution is 0.579. The molecule has 0 saturated carbocycles. The minimum absolute atomic E-state index is 0.0226. The normalized spacial score (nSPS) is 13.1. The number of sulfonamides is 2. The molecule has 0 spiro atoms. The predicted molar refractivity (Wildman–Crippen MR) is 94.8 cm³/mol. The van der Waals surface area contributed by atoms with Gasteiger partial charge in [-0.1, -0.05) is 32.9 Å². The van der Waals surface area contributed by atoms with Crippen LogP contribution in [0.15, 0.2) is 24.3 Å². The molecule has 0 amide bonds. The first-order chi connectivity index (χ1) is 10.4. The Hall–Kier alpha value is -1.12. The summed E-state index contributed by atoms with van der Waals surface area (Å²) >= 11 is 0. The monoisotopic (exact) mass is 362 g/mol. The molecule has 0 atom stereocenters. The molecule has 0 unspecified atom stereocenters. The maximum absolute atomic E-state index is 12.0. The van der Waals surface area contributed by atoms with Gasteiger partial charge >= 0.3 is 0 Å². The van der Waals surface area contributed by atoms with Crippen LogP contribution in [0.25, 0.3) is 0 Å². The fourth-order valence-electron chi connectivity index (χ4n) is 2.02. The SMILES string of the molecule is CCS(=O)(=O)NCCN(c1ccc(C(C)(C)C)cc1)S(C)(=O)=O. The van der Waals surface area contributed by atoms with E-state index in [4.69, 9.17) is 0 Å². The van der Waals surface area contributed by atoms with Crippen LogP contribution >= 0.6 is 0 Å². The van der Waals surface area contributed by atoms with E-state index in [-0.39, 0.29) is 24.3 Å². The lowest BCUT2D eigenvalue weighted by Crippen LogP contribution is -2.38. The second kappa shape index (κ2) is 7.19. The molecule has 1 N–H and O–H groups in total. The van der Waals surface area contributed by atoms with Crippen molar-refractivity contribution in [3.05, 3.63) is 29.8 Å². The van der Waals surface area contributed by atoms with Crippen molar-refractivity contribution < 1.29 is 16.8 Å². The van der Waals surface area contributed by atoms with Crippen LogP contribution in [0.5, 0.6) is 0 Å². The molecule has 23 heavy (non-hydrogen) atoms. The van der Waals surface area contributed by atoms with E-state index >= 15 is 0 Å². The summed E-state index contributed by atoms with van der Waals surface area (Å²) in [6.07, 6.45) is 1.11. The van der Waals surface area contributed by atoms with Crippen molar-refractivity contribution >= 4 is 25.7 Å². The molecule has 0 aromatic heterocycles. The molecule has 0 aliphatic heterocycles. The Morgan fingerprint density at radius 3 is 1.96 bits per heavy atom. The standard InChI is InChI=1S/C15H26N2O4S2/c1-6-23(20,21)16-11-12-17(22(5,18)19)14-9-7-13(8-10-14)15(2,3)4/h7-10,16H,6,11-12H2,1-5H3. The van der Waals surface area contributed by atoms with Crippen LogP contribution in [0.1, 0.15) is 33.3 Å². The maximum atomic E-state index is 12.0. The predicted octanol–water partition coefficient (Wildman–Crippen LogP) is 1.69. The molecule has 132 valence electrons. The van der Waals surface area contributed by atoms with Crippen LogP contribution in [0, 0.1) is 0 Å². The van der Waals surface area contributed by atoms with E-state index in [0.717, 1.165) is 11.8 Å². The molecular weight excluding hydrogens is 336 g/mol. The van der Waals surface area contributed by atoms with Gasteiger partial charge in [-0.05, 0) is 30.0 Å². The summed E-state index contributed by atoms with van der Waals surface area (Å²) in [6.45, 7) is 7.85. The quantitative estimate of drug-likeness (QED) is 0.800. The third kappa shape index (κ3) is 6.12. The summed E-state index contributed by atoms with van der Waals surface area (Å²) in [6, 6.07) is 7.28. The lowest BCUT2D eigenvalue weighted by Gasteiger charge is -2.24. The number of nitrogens with one attached hydrogen (secondary N) is 1. The summed E-state index contributed by atoms with van der Waals surface area (Å²) in [4.78, 5) is 0. The van der Waals surface area contributed by atoms with Crippen LogP contribution in [0.2, 0.25) is 0 Å². The van der Waals surface area contributed by atoms with Crippen LogP contribution in [0.4, 0.5) is 5.69 Å². The number of hydrogen-bond acceptors (Lipinski definition) is 4. The summed E-state index contributed by atoms with van der Waals surface area (Å²) in [5.41, 5.74) is 1.60. The van der Waals surface area contributed by atoms with E-state index in [0.29, 0.717) is 5.69 Å². The highest BCUT2D eigenvalue weighted by Gasteiger charge is 2.19. The molecule has 0 fully saturated rings. The second-order valence-electron chi connectivity index (χ2n) is 6.43. The fourth-order valence-corrected chi connectivity index (χ4v) is 3.55. The van der Waals surface area contributed by atoms with Gasteiger partial charge in [-0.25, -0.2) is 21.6 Å². The Morgan fingerprint density at radius 1 is 1.04 bits per heavy atom. The highest BCUT2D eigenvalue weighted by Crippen LogP contribution is 2.25. The van der Waals surface area contributed by atoms with Crippen LogP contribution < -0.4 is 9.03 Å². The lowest BCUT2D eigenvalue weighted by atomic mass is 9.87. The zero-order chi connectivity index (χ0) is 17.9. The van der Waals surface area contributed by atoms with Crippen molar-refractivity contribution in [3.63, 3.8) is 0 Å². The van der Waals surface area contributed by atoms with E-state index in [1.807, 2.05) is 12.1 Å². The van der Waals surface area contributed by atoms with Gasteiger partial charge < -0.3 is 0 Å². The van der Waals surface area contributed by atoms with Gasteiger partial charge in [0.25, 0.3) is 0 Å². The van der Waals surface area contributed by atoms with Crippen molar-refractivity contribution in [3.8, 4) is 0 Å². The van der Waals surface area contributed by atoms with E-state index in [1.165, 1.54) is 11.2 Å². The van der Waals surface area contributed by atoms with Gasteiger partial charge in [0.1, 0.15) is 0 Å². The van der Waals surface area contributed by atoms with Crippen molar-refractivity contribution in [2.75, 3.05) is 29.4 Å². The highest BCUT2D eigenvalue weighted by molar-refractivity contribution is 7.92. The van der Waals surface area contributed by atoms with Gasteiger partial charge in [-0.2, -0.15) is 0 Å². The zero-order valence-corrected chi connectivity index (χ0v) is 16.0. The van der Waals surface area contributed by atoms with Crippen molar-refractivity contribution in [2.45, 2.75) is 33.1 Å². The Balaban J connectivity index is 2.96. The average molecular weight is 363 g/mol. The zero-order valence-electron chi connectivity index (χ0n) is 14.3. The van der Waals surface area contributed by atoms with E-state index in [9.17, 15) is 16.8 Å². The largest absolute Gasteiger partial charge is 0.269 e. The fraction of sp³-hybridized carbons (Fsp3) is 0.600. The first-order valence-corrected chi connectivity index (χ1v) is 10.9. The van der Waals surface area contributed by atoms with Gasteiger partial charge in [0, 0.05) is 13.1 Å². The van der Waals surface area contributed by atoms with Gasteiger partial charge in [0.15, 0.2) is 0 Å². The maximum Gasteiger partial charge on any atom is 0.232 e. The third-order valence-electron chi connectivity index (χ3n) is 3.44. The first kappa shape index (κ1) is 19.9. The second-order valence-corrected chi connectivity index (χ2v) is 10.4. The Kier molecular flexibility index (Phi) is 6.23. The van der Waals surface area contributed by atoms with Crippen LogP contribution in [-0.4, -0.2) is 41.9 Å². The minimum atomic E-state index is -3.49. The summed E-state index contributed by atoms with van der Waals surface area (Å²) in [5.74, 6) is -0.0356. The number of anilines is 1. The molecule has 0 aliphatic rings. The van der Waals surface area contributed by atoms with Gasteiger partial charge in [-0.3, -0.25) is 4.31 Å². The number of benzene rings is 1. The molecule has 0 saturated heterocycles. The first-order valence-electron chi connectivity index (χ1n) is 7.42. The molecule has 8 heteroatoms. The molecular formula is C15H26N2O4S2. The molecule has 0 bridgehead atoms. The molecule has 1 aromatic carbocycles. The van der Waals surface area contributed by atoms with Crippen molar-refractivity contribution in [1.29, 1.82) is 0 Å². The number of rotatable bonds is 7. The Labute approximate surface area is 140 Å². The summed E-state index contributed by atoms with van der Waals surface area (Å²) < 4.78 is 50.4. The number of hydrogen-bond donors (Lipinski definition) is 1. The average Bonchev–Trinajstić information content (AvgIpc) is 2.41. The summed E-state index contributed by atoms with van der Waals surface area (Å²) in [7, 11) is -6.83. The third-order valence-corrected chi connectivity index (χ3v) is 6.04. The van der Waals surface area contributed by atoms with Gasteiger partial charge in [-0.15, -0.1) is 0 Å². The van der Waals surface area contributed by atoms with Crippen molar-refractivity contribution in [1.82, 2.24) is 4.72 Å². The molecule has 0 aliphatic carbocycles. The van der Waals surface area contributed by atoms with Gasteiger partial charge in [0.2, 0.25) is 20.0 Å². The van der Waals surface area contributed by atoms with E-state index in [1.54, 1.807) is 12.1 Å². The molecule has 0 heterocycles. The van der Waals surface area contributed by atoms with E-state index in [2.05, 4.69) is 25.5 Å².